The summed E-state index contributed by atoms with van der Waals surface area (Å²) in [6.07, 6.45) is 1.73. The molecule has 0 aliphatic carbocycles. The van der Waals surface area contributed by atoms with Gasteiger partial charge in [0.1, 0.15) is 10.6 Å². The molecule has 10 heteroatoms. The maximum Gasteiger partial charge on any atom is 0.341 e. The molecule has 178 valence electrons. The molecule has 0 bridgehead atoms. The number of nitrogens with one attached hydrogen (secondary N) is 1. The topological polar surface area (TPSA) is 86.1 Å². The number of nitrogens with zero attached hydrogens (tertiary/aromatic N) is 3. The van der Waals surface area contributed by atoms with Gasteiger partial charge in [0, 0.05) is 23.1 Å². The van der Waals surface area contributed by atoms with Crippen LogP contribution in [-0.2, 0) is 16.1 Å². The summed E-state index contributed by atoms with van der Waals surface area (Å²) in [6, 6.07) is 16.8. The van der Waals surface area contributed by atoms with Crippen LogP contribution in [0.4, 0.5) is 5.00 Å². The van der Waals surface area contributed by atoms with Crippen LogP contribution in [0.1, 0.15) is 10.4 Å². The number of carbonyl (C=O) groups excluding carboxylic acids is 2. The number of benzene rings is 2. The van der Waals surface area contributed by atoms with Crippen molar-refractivity contribution < 1.29 is 14.3 Å². The number of allylic oxidation sites excluding steroid dienone is 1. The first-order valence-electron chi connectivity index (χ1n) is 10.5. The summed E-state index contributed by atoms with van der Waals surface area (Å²) in [5.41, 5.74) is 2.65. The zero-order valence-corrected chi connectivity index (χ0v) is 21.1. The fraction of sp³-hybridized carbons (Fsp3) is 0.120. The van der Waals surface area contributed by atoms with Crippen LogP contribution in [-0.4, -0.2) is 39.5 Å². The highest BCUT2D eigenvalue weighted by Crippen LogP contribution is 2.36. The van der Waals surface area contributed by atoms with Crippen molar-refractivity contribution in [3.05, 3.63) is 83.2 Å². The van der Waals surface area contributed by atoms with E-state index in [-0.39, 0.29) is 11.7 Å². The van der Waals surface area contributed by atoms with Crippen molar-refractivity contribution in [3.63, 3.8) is 0 Å². The van der Waals surface area contributed by atoms with Gasteiger partial charge in [-0.3, -0.25) is 9.36 Å². The molecule has 2 aromatic heterocycles. The zero-order valence-electron chi connectivity index (χ0n) is 18.7. The molecule has 0 radical (unpaired) electrons. The number of hydrogen-bond donors (Lipinski definition) is 1. The number of methoxy groups -OCH3 is 1. The summed E-state index contributed by atoms with van der Waals surface area (Å²) in [5.74, 6) is -0.133. The molecule has 1 amide bonds. The van der Waals surface area contributed by atoms with Crippen LogP contribution >= 0.6 is 34.7 Å². The monoisotopic (exact) mass is 524 g/mol. The molecule has 2 aromatic carbocycles. The third-order valence-corrected chi connectivity index (χ3v) is 7.19. The number of rotatable bonds is 9. The Hall–Kier alpha value is -3.40. The Balaban J connectivity index is 1.53. The van der Waals surface area contributed by atoms with E-state index in [2.05, 4.69) is 22.1 Å². The maximum atomic E-state index is 12.8. The highest BCUT2D eigenvalue weighted by Gasteiger charge is 2.23. The summed E-state index contributed by atoms with van der Waals surface area (Å²) in [7, 11) is 1.32. The van der Waals surface area contributed by atoms with E-state index in [1.54, 1.807) is 12.1 Å². The first-order chi connectivity index (χ1) is 17.0. The van der Waals surface area contributed by atoms with Crippen LogP contribution in [0.3, 0.4) is 0 Å². The summed E-state index contributed by atoms with van der Waals surface area (Å²) < 4.78 is 6.83. The molecule has 0 aliphatic rings. The van der Waals surface area contributed by atoms with Crippen LogP contribution in [0.25, 0.3) is 22.5 Å². The second kappa shape index (κ2) is 11.4. The number of hydrogen-bond acceptors (Lipinski definition) is 7. The van der Waals surface area contributed by atoms with Crippen LogP contribution in [0, 0.1) is 0 Å². The number of anilines is 1. The van der Waals surface area contributed by atoms with Gasteiger partial charge in [-0.1, -0.05) is 71.9 Å². The average molecular weight is 525 g/mol. The fourth-order valence-corrected chi connectivity index (χ4v) is 5.35. The third-order valence-electron chi connectivity index (χ3n) is 4.99. The molecular formula is C25H21ClN4O3S2. The Morgan fingerprint density at radius 1 is 1.14 bits per heavy atom. The second-order valence-corrected chi connectivity index (χ2v) is 9.46. The van der Waals surface area contributed by atoms with Crippen molar-refractivity contribution in [2.24, 2.45) is 0 Å². The van der Waals surface area contributed by atoms with E-state index in [9.17, 15) is 9.59 Å². The predicted molar refractivity (Wildman–Crippen MR) is 141 cm³/mol. The minimum absolute atomic E-state index is 0.0664. The van der Waals surface area contributed by atoms with Gasteiger partial charge in [0.15, 0.2) is 11.0 Å². The molecule has 0 saturated carbocycles. The molecule has 0 fully saturated rings. The van der Waals surface area contributed by atoms with Gasteiger partial charge in [0.2, 0.25) is 5.91 Å². The van der Waals surface area contributed by atoms with E-state index in [0.717, 1.165) is 11.1 Å². The third kappa shape index (κ3) is 5.48. The Labute approximate surface area is 215 Å². The summed E-state index contributed by atoms with van der Waals surface area (Å²) >= 11 is 8.85. The van der Waals surface area contributed by atoms with Gasteiger partial charge in [-0.25, -0.2) is 4.79 Å². The van der Waals surface area contributed by atoms with Crippen LogP contribution in [0.2, 0.25) is 5.02 Å². The molecule has 0 spiro atoms. The van der Waals surface area contributed by atoms with Gasteiger partial charge in [0.05, 0.1) is 17.9 Å². The normalized spacial score (nSPS) is 10.7. The Bertz CT molecular complexity index is 1370. The van der Waals surface area contributed by atoms with E-state index in [4.69, 9.17) is 16.3 Å². The zero-order chi connectivity index (χ0) is 24.8. The van der Waals surface area contributed by atoms with Gasteiger partial charge in [-0.2, -0.15) is 0 Å². The number of aromatic nitrogens is 3. The van der Waals surface area contributed by atoms with E-state index >= 15 is 0 Å². The summed E-state index contributed by atoms with van der Waals surface area (Å²) in [4.78, 5) is 25.3. The fourth-order valence-electron chi connectivity index (χ4n) is 3.41. The van der Waals surface area contributed by atoms with Crippen molar-refractivity contribution in [1.82, 2.24) is 14.8 Å². The minimum Gasteiger partial charge on any atom is -0.465 e. The van der Waals surface area contributed by atoms with E-state index in [0.29, 0.717) is 38.7 Å². The van der Waals surface area contributed by atoms with Crippen molar-refractivity contribution in [2.45, 2.75) is 11.7 Å². The van der Waals surface area contributed by atoms with Crippen molar-refractivity contribution >= 4 is 51.6 Å². The quantitative estimate of drug-likeness (QED) is 0.163. The first-order valence-corrected chi connectivity index (χ1v) is 12.7. The molecule has 0 atom stereocenters. The van der Waals surface area contributed by atoms with Crippen LogP contribution in [0.5, 0.6) is 0 Å². The van der Waals surface area contributed by atoms with Gasteiger partial charge >= 0.3 is 5.97 Å². The number of esters is 1. The highest BCUT2D eigenvalue weighted by molar-refractivity contribution is 7.99. The van der Waals surface area contributed by atoms with Gasteiger partial charge in [0.25, 0.3) is 0 Å². The second-order valence-electron chi connectivity index (χ2n) is 7.23. The minimum atomic E-state index is -0.511. The number of carbonyl (C=O) groups is 2. The molecule has 4 aromatic rings. The lowest BCUT2D eigenvalue weighted by Gasteiger charge is -2.09. The maximum absolute atomic E-state index is 12.8. The number of thiophene rings is 1. The number of ether oxygens (including phenoxy) is 1. The van der Waals surface area contributed by atoms with Crippen LogP contribution in [0.15, 0.2) is 77.8 Å². The molecule has 4 rings (SSSR count). The standard InChI is InChI=1S/C25H21ClN4O3S2/c1-3-13-30-22(17-11-7-8-12-19(17)26)28-29-25(30)35-15-20(31)27-23-21(24(32)33-2)18(14-34-23)16-9-5-4-6-10-16/h3-12,14H,1,13,15H2,2H3,(H,27,31). The van der Waals surface area contributed by atoms with Crippen molar-refractivity contribution in [1.29, 1.82) is 0 Å². The lowest BCUT2D eigenvalue weighted by molar-refractivity contribution is -0.113. The van der Waals surface area contributed by atoms with Crippen molar-refractivity contribution in [3.8, 4) is 22.5 Å². The van der Waals surface area contributed by atoms with Gasteiger partial charge < -0.3 is 10.1 Å². The predicted octanol–water partition coefficient (Wildman–Crippen LogP) is 6.03. The molecule has 0 unspecified atom stereocenters. The van der Waals surface area contributed by atoms with E-state index in [1.807, 2.05) is 58.5 Å². The lowest BCUT2D eigenvalue weighted by Crippen LogP contribution is -2.16. The van der Waals surface area contributed by atoms with Crippen molar-refractivity contribution in [2.75, 3.05) is 18.2 Å². The summed E-state index contributed by atoms with van der Waals surface area (Å²) in [5, 5.41) is 14.8. The smallest absolute Gasteiger partial charge is 0.341 e. The molecule has 2 heterocycles. The number of thioether (sulfide) groups is 1. The number of halogens is 1. The van der Waals surface area contributed by atoms with Crippen LogP contribution < -0.4 is 5.32 Å². The molecule has 1 N–H and O–H groups in total. The molecule has 35 heavy (non-hydrogen) atoms. The Morgan fingerprint density at radius 3 is 2.60 bits per heavy atom. The lowest BCUT2D eigenvalue weighted by atomic mass is 10.0. The van der Waals surface area contributed by atoms with Gasteiger partial charge in [-0.05, 0) is 17.7 Å². The first kappa shape index (κ1) is 24.7. The molecule has 0 aliphatic heterocycles. The van der Waals surface area contributed by atoms with E-state index in [1.165, 1.54) is 30.2 Å². The number of amides is 1. The van der Waals surface area contributed by atoms with Gasteiger partial charge in [-0.15, -0.1) is 28.1 Å². The highest BCUT2D eigenvalue weighted by atomic mass is 35.5. The molecule has 0 saturated heterocycles. The largest absolute Gasteiger partial charge is 0.465 e. The Kier molecular flexibility index (Phi) is 8.02. The Morgan fingerprint density at radius 2 is 1.89 bits per heavy atom. The summed E-state index contributed by atoms with van der Waals surface area (Å²) in [6.45, 7) is 4.26. The molecule has 7 nitrogen and oxygen atoms in total. The molecular weight excluding hydrogens is 504 g/mol. The average Bonchev–Trinajstić information content (AvgIpc) is 3.47. The van der Waals surface area contributed by atoms with E-state index < -0.39 is 5.97 Å². The SMILES string of the molecule is C=CCn1c(SCC(=O)Nc2scc(-c3ccccc3)c2C(=O)OC)nnc1-c1ccccc1Cl.